The minimum absolute atomic E-state index is 0.00110. The van der Waals surface area contributed by atoms with Crippen molar-refractivity contribution in [1.82, 2.24) is 24.6 Å². The van der Waals surface area contributed by atoms with Gasteiger partial charge < -0.3 is 20.1 Å². The number of hydrogen-bond acceptors (Lipinski definition) is 8. The Labute approximate surface area is 222 Å². The van der Waals surface area contributed by atoms with E-state index in [0.29, 0.717) is 17.1 Å². The number of likely N-dealkylation sites (tertiary alicyclic amines) is 1. The van der Waals surface area contributed by atoms with Crippen molar-refractivity contribution >= 4 is 17.6 Å². The molecule has 1 aliphatic carbocycles. The van der Waals surface area contributed by atoms with E-state index in [9.17, 15) is 23.6 Å². The maximum Gasteiger partial charge on any atom is 0.301 e. The number of halogens is 2. The van der Waals surface area contributed by atoms with Crippen molar-refractivity contribution in [2.75, 3.05) is 25.0 Å². The molecule has 1 aromatic carbocycles. The van der Waals surface area contributed by atoms with E-state index in [1.165, 1.54) is 18.5 Å². The van der Waals surface area contributed by atoms with Gasteiger partial charge in [-0.25, -0.2) is 18.7 Å². The quantitative estimate of drug-likeness (QED) is 0.466. The third kappa shape index (κ3) is 5.56. The molecule has 0 radical (unpaired) electrons. The fourth-order valence-electron chi connectivity index (χ4n) is 4.70. The Morgan fingerprint density at radius 2 is 2.13 bits per heavy atom. The SMILES string of the molecule is Cn1cc(C2C[C@@H]2C(=O)Nc2cc(-c3ccc(O[C@H]4CCN(C(=O)CO)CC4(F)F)c(C#N)c3)ncn2)cn1. The van der Waals surface area contributed by atoms with E-state index in [-0.39, 0.29) is 42.0 Å². The molecule has 1 saturated heterocycles. The molecule has 5 rings (SSSR count). The molecule has 2 fully saturated rings. The highest BCUT2D eigenvalue weighted by atomic mass is 19.3. The Bertz CT molecular complexity index is 1450. The zero-order valence-corrected chi connectivity index (χ0v) is 20.9. The maximum absolute atomic E-state index is 14.7. The van der Waals surface area contributed by atoms with E-state index in [1.54, 1.807) is 23.0 Å². The van der Waals surface area contributed by atoms with Crippen molar-refractivity contribution in [1.29, 1.82) is 5.26 Å². The molecule has 1 unspecified atom stereocenters. The Hall–Kier alpha value is -4.44. The summed E-state index contributed by atoms with van der Waals surface area (Å²) in [7, 11) is 1.82. The molecule has 0 spiro atoms. The second-order valence-electron chi connectivity index (χ2n) is 9.63. The second kappa shape index (κ2) is 10.4. The van der Waals surface area contributed by atoms with Gasteiger partial charge in [0.15, 0.2) is 6.10 Å². The van der Waals surface area contributed by atoms with Gasteiger partial charge in [0.2, 0.25) is 11.8 Å². The summed E-state index contributed by atoms with van der Waals surface area (Å²) in [5.74, 6) is -4.11. The third-order valence-electron chi connectivity index (χ3n) is 6.89. The largest absolute Gasteiger partial charge is 0.483 e. The van der Waals surface area contributed by atoms with Gasteiger partial charge in [-0.05, 0) is 36.1 Å². The lowest BCUT2D eigenvalue weighted by Crippen LogP contribution is -2.55. The highest BCUT2D eigenvalue weighted by Crippen LogP contribution is 2.47. The Kier molecular flexibility index (Phi) is 6.96. The van der Waals surface area contributed by atoms with E-state index in [1.807, 2.05) is 19.3 Å². The number of alkyl halides is 2. The highest BCUT2D eigenvalue weighted by molar-refractivity contribution is 5.94. The first-order valence-corrected chi connectivity index (χ1v) is 12.3. The Morgan fingerprint density at radius 1 is 1.31 bits per heavy atom. The molecule has 0 bridgehead atoms. The molecule has 1 saturated carbocycles. The maximum atomic E-state index is 14.7. The summed E-state index contributed by atoms with van der Waals surface area (Å²) >= 11 is 0. The monoisotopic (exact) mass is 537 g/mol. The number of rotatable bonds is 7. The fourth-order valence-corrected chi connectivity index (χ4v) is 4.70. The summed E-state index contributed by atoms with van der Waals surface area (Å²) in [5, 5.41) is 25.6. The summed E-state index contributed by atoms with van der Waals surface area (Å²) in [6.07, 6.45) is 3.94. The van der Waals surface area contributed by atoms with Gasteiger partial charge in [-0.3, -0.25) is 14.3 Å². The Balaban J connectivity index is 1.27. The van der Waals surface area contributed by atoms with E-state index in [0.717, 1.165) is 16.9 Å². The average molecular weight is 538 g/mol. The molecule has 2 amide bonds. The molecule has 3 heterocycles. The second-order valence-corrected chi connectivity index (χ2v) is 9.63. The predicted molar refractivity (Wildman–Crippen MR) is 133 cm³/mol. The van der Waals surface area contributed by atoms with Gasteiger partial charge >= 0.3 is 5.92 Å². The highest BCUT2D eigenvalue weighted by Gasteiger charge is 2.48. The lowest BCUT2D eigenvalue weighted by atomic mass is 10.0. The van der Waals surface area contributed by atoms with Gasteiger partial charge in [0.25, 0.3) is 0 Å². The molecule has 13 heteroatoms. The lowest BCUT2D eigenvalue weighted by molar-refractivity contribution is -0.161. The van der Waals surface area contributed by atoms with Crippen molar-refractivity contribution in [3.05, 3.63) is 54.1 Å². The van der Waals surface area contributed by atoms with Crippen LogP contribution in [0.1, 0.15) is 29.9 Å². The van der Waals surface area contributed by atoms with Crippen molar-refractivity contribution < 1.29 is 28.2 Å². The van der Waals surface area contributed by atoms with Gasteiger partial charge in [-0.15, -0.1) is 0 Å². The molecular formula is C26H25F2N7O4. The zero-order chi connectivity index (χ0) is 27.7. The third-order valence-corrected chi connectivity index (χ3v) is 6.89. The van der Waals surface area contributed by atoms with Crippen LogP contribution in [0.15, 0.2) is 43.0 Å². The first-order chi connectivity index (χ1) is 18.7. The van der Waals surface area contributed by atoms with E-state index < -0.39 is 31.1 Å². The molecule has 3 aromatic rings. The molecule has 39 heavy (non-hydrogen) atoms. The van der Waals surface area contributed by atoms with Crippen LogP contribution in [-0.4, -0.2) is 73.3 Å². The predicted octanol–water partition coefficient (Wildman–Crippen LogP) is 2.10. The number of piperidine rings is 1. The number of aromatic nitrogens is 4. The molecule has 2 aromatic heterocycles. The number of nitrogens with one attached hydrogen (secondary N) is 1. The summed E-state index contributed by atoms with van der Waals surface area (Å²) < 4.78 is 36.6. The van der Waals surface area contributed by atoms with Crippen molar-refractivity contribution in [2.45, 2.75) is 30.8 Å². The van der Waals surface area contributed by atoms with Crippen LogP contribution in [-0.2, 0) is 16.6 Å². The normalized spacial score (nSPS) is 21.6. The van der Waals surface area contributed by atoms with Gasteiger partial charge in [0.1, 0.15) is 30.6 Å². The summed E-state index contributed by atoms with van der Waals surface area (Å²) in [5.41, 5.74) is 1.96. The Morgan fingerprint density at radius 3 is 2.82 bits per heavy atom. The molecule has 3 atom stereocenters. The number of nitrogens with zero attached hydrogens (tertiary/aromatic N) is 6. The molecule has 202 valence electrons. The molecule has 2 aliphatic rings. The first kappa shape index (κ1) is 26.2. The van der Waals surface area contributed by atoms with E-state index >= 15 is 0 Å². The van der Waals surface area contributed by atoms with Crippen LogP contribution in [0.3, 0.4) is 0 Å². The number of amides is 2. The number of carbonyl (C=O) groups is 2. The summed E-state index contributed by atoms with van der Waals surface area (Å²) in [4.78, 5) is 33.6. The number of ether oxygens (including phenoxy) is 1. The number of anilines is 1. The van der Waals surface area contributed by atoms with Crippen LogP contribution in [0.25, 0.3) is 11.3 Å². The number of aliphatic hydroxyl groups excluding tert-OH is 1. The number of aliphatic hydroxyl groups is 1. The first-order valence-electron chi connectivity index (χ1n) is 12.3. The van der Waals surface area contributed by atoms with E-state index in [4.69, 9.17) is 9.84 Å². The lowest BCUT2D eigenvalue weighted by Gasteiger charge is -2.38. The minimum Gasteiger partial charge on any atom is -0.483 e. The van der Waals surface area contributed by atoms with Crippen molar-refractivity contribution in [3.63, 3.8) is 0 Å². The number of carbonyl (C=O) groups excluding carboxylic acids is 2. The zero-order valence-electron chi connectivity index (χ0n) is 20.9. The fraction of sp³-hybridized carbons (Fsp3) is 0.385. The van der Waals surface area contributed by atoms with Crippen LogP contribution in [0.5, 0.6) is 5.75 Å². The topological polar surface area (TPSA) is 146 Å². The molecular weight excluding hydrogens is 512 g/mol. The summed E-state index contributed by atoms with van der Waals surface area (Å²) in [6.45, 7) is -1.72. The van der Waals surface area contributed by atoms with Crippen LogP contribution in [0.2, 0.25) is 0 Å². The van der Waals surface area contributed by atoms with E-state index in [2.05, 4.69) is 20.4 Å². The standard InChI is InChI=1S/C26H25F2N7O4/c1-34-11-17(10-32-34)18-7-19(18)25(38)33-23-8-20(30-14-31-23)15-2-3-21(16(6-15)9-29)39-22-4-5-35(24(37)12-36)13-26(22,27)28/h2-3,6,8,10-11,14,18-19,22,36H,4-5,7,12-13H2,1H3,(H,30,31,33,38)/t18?,19-,22-/m0/s1. The minimum atomic E-state index is -3.37. The molecule has 1 aliphatic heterocycles. The number of hydrogen-bond donors (Lipinski definition) is 2. The average Bonchev–Trinajstić information content (AvgIpc) is 3.62. The number of nitriles is 1. The number of aryl methyl sites for hydroxylation is 1. The van der Waals surface area contributed by atoms with Gasteiger partial charge in [-0.1, -0.05) is 0 Å². The smallest absolute Gasteiger partial charge is 0.301 e. The van der Waals surface area contributed by atoms with Gasteiger partial charge in [-0.2, -0.15) is 10.4 Å². The molecule has 11 nitrogen and oxygen atoms in total. The van der Waals surface area contributed by atoms with Crippen LogP contribution >= 0.6 is 0 Å². The van der Waals surface area contributed by atoms with Crippen LogP contribution in [0, 0.1) is 17.2 Å². The summed E-state index contributed by atoms with van der Waals surface area (Å²) in [6, 6.07) is 7.99. The van der Waals surface area contributed by atoms with Crippen LogP contribution in [0.4, 0.5) is 14.6 Å². The number of benzene rings is 1. The van der Waals surface area contributed by atoms with Gasteiger partial charge in [0.05, 0.1) is 24.0 Å². The molecule has 2 N–H and O–H groups in total. The van der Waals surface area contributed by atoms with Crippen molar-refractivity contribution in [2.24, 2.45) is 13.0 Å². The van der Waals surface area contributed by atoms with Crippen LogP contribution < -0.4 is 10.1 Å². The van der Waals surface area contributed by atoms with Gasteiger partial charge in [0, 0.05) is 43.8 Å². The van der Waals surface area contributed by atoms with Crippen molar-refractivity contribution in [3.8, 4) is 23.1 Å².